The fourth-order valence-electron chi connectivity index (χ4n) is 3.49. The zero-order chi connectivity index (χ0) is 21.3. The summed E-state index contributed by atoms with van der Waals surface area (Å²) < 4.78 is 30.9. The number of carbonyl (C=O) groups excluding carboxylic acids is 1. The number of benzene rings is 2. The molecule has 0 radical (unpaired) electrons. The lowest BCUT2D eigenvalue weighted by Crippen LogP contribution is -2.16. The second-order valence-electron chi connectivity index (χ2n) is 7.11. The fourth-order valence-corrected chi connectivity index (χ4v) is 5.37. The standard InChI is InChI=1S/C21H20ClN3O4S/c1-29-18-7-5-14(6-8-18)20-12-19(21(26)23-16-4-2-3-15(22)11-16)24-25(20)17-9-10-30(27,28)13-17/h2-8,11-12,17H,9-10,13H2,1H3,(H,23,26). The average molecular weight is 446 g/mol. The first-order valence-corrected chi connectivity index (χ1v) is 11.6. The quantitative estimate of drug-likeness (QED) is 0.644. The van der Waals surface area contributed by atoms with Gasteiger partial charge in [0, 0.05) is 16.3 Å². The summed E-state index contributed by atoms with van der Waals surface area (Å²) in [6.07, 6.45) is 0.461. The molecule has 0 saturated carbocycles. The zero-order valence-corrected chi connectivity index (χ0v) is 17.8. The van der Waals surface area contributed by atoms with Crippen LogP contribution in [0.1, 0.15) is 23.0 Å². The minimum absolute atomic E-state index is 0.00713. The summed E-state index contributed by atoms with van der Waals surface area (Å²) in [5.74, 6) is 0.426. The summed E-state index contributed by atoms with van der Waals surface area (Å²) >= 11 is 5.98. The van der Waals surface area contributed by atoms with Crippen LogP contribution < -0.4 is 10.1 Å². The Balaban J connectivity index is 1.70. The Bertz CT molecular complexity index is 1190. The van der Waals surface area contributed by atoms with Crippen LogP contribution in [0, 0.1) is 0 Å². The number of amides is 1. The van der Waals surface area contributed by atoms with Crippen LogP contribution in [0.2, 0.25) is 5.02 Å². The summed E-state index contributed by atoms with van der Waals surface area (Å²) in [6, 6.07) is 15.5. The van der Waals surface area contributed by atoms with Crippen molar-refractivity contribution in [2.24, 2.45) is 0 Å². The molecular formula is C21H20ClN3O4S. The van der Waals surface area contributed by atoms with E-state index in [-0.39, 0.29) is 23.2 Å². The van der Waals surface area contributed by atoms with Gasteiger partial charge < -0.3 is 10.1 Å². The summed E-state index contributed by atoms with van der Waals surface area (Å²) in [6.45, 7) is 0. The molecule has 3 aromatic rings. The lowest BCUT2D eigenvalue weighted by atomic mass is 10.1. The highest BCUT2D eigenvalue weighted by molar-refractivity contribution is 7.91. The number of methoxy groups -OCH3 is 1. The second kappa shape index (κ2) is 8.12. The lowest BCUT2D eigenvalue weighted by Gasteiger charge is -2.13. The topological polar surface area (TPSA) is 90.3 Å². The van der Waals surface area contributed by atoms with E-state index in [9.17, 15) is 13.2 Å². The van der Waals surface area contributed by atoms with E-state index < -0.39 is 15.7 Å². The van der Waals surface area contributed by atoms with E-state index in [1.54, 1.807) is 42.1 Å². The van der Waals surface area contributed by atoms with Crippen molar-refractivity contribution in [2.75, 3.05) is 23.9 Å². The maximum atomic E-state index is 12.8. The second-order valence-corrected chi connectivity index (χ2v) is 9.77. The van der Waals surface area contributed by atoms with Gasteiger partial charge in [-0.2, -0.15) is 5.10 Å². The molecule has 1 fully saturated rings. The third-order valence-corrected chi connectivity index (χ3v) is 6.98. The molecule has 2 heterocycles. The molecule has 1 N–H and O–H groups in total. The van der Waals surface area contributed by atoms with Crippen molar-refractivity contribution in [1.82, 2.24) is 9.78 Å². The molecule has 2 aromatic carbocycles. The highest BCUT2D eigenvalue weighted by atomic mass is 35.5. The zero-order valence-electron chi connectivity index (χ0n) is 16.2. The largest absolute Gasteiger partial charge is 0.497 e. The van der Waals surface area contributed by atoms with Gasteiger partial charge in [-0.3, -0.25) is 9.48 Å². The number of hydrogen-bond donors (Lipinski definition) is 1. The Morgan fingerprint density at radius 2 is 1.97 bits per heavy atom. The molecule has 30 heavy (non-hydrogen) atoms. The molecular weight excluding hydrogens is 426 g/mol. The van der Waals surface area contributed by atoms with Crippen molar-refractivity contribution >= 4 is 33.0 Å². The number of halogens is 1. The van der Waals surface area contributed by atoms with E-state index in [4.69, 9.17) is 16.3 Å². The number of nitrogens with zero attached hydrogens (tertiary/aromatic N) is 2. The Morgan fingerprint density at radius 3 is 2.60 bits per heavy atom. The molecule has 1 aromatic heterocycles. The average Bonchev–Trinajstić information content (AvgIpc) is 3.31. The third-order valence-electron chi connectivity index (χ3n) is 4.99. The Kier molecular flexibility index (Phi) is 5.53. The number of hydrogen-bond acceptors (Lipinski definition) is 5. The van der Waals surface area contributed by atoms with Crippen LogP contribution in [0.4, 0.5) is 5.69 Å². The number of carbonyl (C=O) groups is 1. The van der Waals surface area contributed by atoms with E-state index in [1.165, 1.54) is 0 Å². The first-order valence-electron chi connectivity index (χ1n) is 9.36. The lowest BCUT2D eigenvalue weighted by molar-refractivity contribution is 0.102. The van der Waals surface area contributed by atoms with Crippen molar-refractivity contribution in [2.45, 2.75) is 12.5 Å². The van der Waals surface area contributed by atoms with Crippen molar-refractivity contribution in [3.05, 3.63) is 65.3 Å². The van der Waals surface area contributed by atoms with Gasteiger partial charge in [-0.15, -0.1) is 0 Å². The van der Waals surface area contributed by atoms with Crippen molar-refractivity contribution in [3.8, 4) is 17.0 Å². The summed E-state index contributed by atoms with van der Waals surface area (Å²) in [5, 5.41) is 7.76. The number of ether oxygens (including phenoxy) is 1. The summed E-state index contributed by atoms with van der Waals surface area (Å²) in [4.78, 5) is 12.8. The monoisotopic (exact) mass is 445 g/mol. The van der Waals surface area contributed by atoms with Crippen LogP contribution in [0.25, 0.3) is 11.3 Å². The van der Waals surface area contributed by atoms with Gasteiger partial charge in [0.15, 0.2) is 15.5 Å². The maximum Gasteiger partial charge on any atom is 0.276 e. The number of rotatable bonds is 5. The van der Waals surface area contributed by atoms with Crippen LogP contribution in [-0.2, 0) is 9.84 Å². The fraction of sp³-hybridized carbons (Fsp3) is 0.238. The van der Waals surface area contributed by atoms with Gasteiger partial charge in [0.05, 0.1) is 30.4 Å². The van der Waals surface area contributed by atoms with Gasteiger partial charge in [0.2, 0.25) is 0 Å². The molecule has 7 nitrogen and oxygen atoms in total. The molecule has 9 heteroatoms. The van der Waals surface area contributed by atoms with E-state index in [0.29, 0.717) is 28.6 Å². The molecule has 1 aliphatic heterocycles. The number of nitrogens with one attached hydrogen (secondary N) is 1. The molecule has 0 aliphatic carbocycles. The van der Waals surface area contributed by atoms with Gasteiger partial charge in [-0.05, 0) is 55.0 Å². The smallest absolute Gasteiger partial charge is 0.276 e. The summed E-state index contributed by atoms with van der Waals surface area (Å²) in [5.41, 5.74) is 2.24. The van der Waals surface area contributed by atoms with Gasteiger partial charge in [-0.25, -0.2) is 8.42 Å². The molecule has 1 amide bonds. The van der Waals surface area contributed by atoms with Gasteiger partial charge in [-0.1, -0.05) is 17.7 Å². The van der Waals surface area contributed by atoms with E-state index in [2.05, 4.69) is 10.4 Å². The molecule has 1 aliphatic rings. The van der Waals surface area contributed by atoms with Crippen molar-refractivity contribution in [1.29, 1.82) is 0 Å². The normalized spacial score (nSPS) is 17.6. The molecule has 0 bridgehead atoms. The van der Waals surface area contributed by atoms with Gasteiger partial charge in [0.25, 0.3) is 5.91 Å². The van der Waals surface area contributed by atoms with E-state index in [1.807, 2.05) is 24.3 Å². The van der Waals surface area contributed by atoms with E-state index >= 15 is 0 Å². The Hall–Kier alpha value is -2.84. The van der Waals surface area contributed by atoms with Gasteiger partial charge in [0.1, 0.15) is 5.75 Å². The van der Waals surface area contributed by atoms with Crippen LogP contribution in [0.5, 0.6) is 5.75 Å². The minimum atomic E-state index is -3.11. The van der Waals surface area contributed by atoms with Crippen molar-refractivity contribution < 1.29 is 17.9 Å². The molecule has 0 spiro atoms. The predicted octanol–water partition coefficient (Wildman–Crippen LogP) is 3.82. The number of sulfone groups is 1. The Morgan fingerprint density at radius 1 is 1.20 bits per heavy atom. The third kappa shape index (κ3) is 4.34. The first kappa shape index (κ1) is 20.4. The molecule has 4 rings (SSSR count). The molecule has 1 atom stereocenters. The molecule has 1 unspecified atom stereocenters. The van der Waals surface area contributed by atoms with Crippen LogP contribution in [-0.4, -0.2) is 42.7 Å². The molecule has 1 saturated heterocycles. The predicted molar refractivity (Wildman–Crippen MR) is 116 cm³/mol. The number of aromatic nitrogens is 2. The highest BCUT2D eigenvalue weighted by Gasteiger charge is 2.32. The van der Waals surface area contributed by atoms with Crippen LogP contribution in [0.15, 0.2) is 54.6 Å². The summed E-state index contributed by atoms with van der Waals surface area (Å²) in [7, 11) is -1.53. The SMILES string of the molecule is COc1ccc(-c2cc(C(=O)Nc3cccc(Cl)c3)nn2C2CCS(=O)(=O)C2)cc1. The maximum absolute atomic E-state index is 12.8. The Labute approximate surface area is 179 Å². The highest BCUT2D eigenvalue weighted by Crippen LogP contribution is 2.31. The van der Waals surface area contributed by atoms with Gasteiger partial charge >= 0.3 is 0 Å². The van der Waals surface area contributed by atoms with Crippen molar-refractivity contribution in [3.63, 3.8) is 0 Å². The minimum Gasteiger partial charge on any atom is -0.497 e. The van der Waals surface area contributed by atoms with Crippen LogP contribution >= 0.6 is 11.6 Å². The van der Waals surface area contributed by atoms with Crippen LogP contribution in [0.3, 0.4) is 0 Å². The molecule has 156 valence electrons. The number of anilines is 1. The van der Waals surface area contributed by atoms with E-state index in [0.717, 1.165) is 5.56 Å². The first-order chi connectivity index (χ1) is 14.3.